The number of hydrogen-bond acceptors (Lipinski definition) is 3. The minimum Gasteiger partial charge on any atom is -0.505 e. The van der Waals surface area contributed by atoms with Gasteiger partial charge in [-0.3, -0.25) is 4.79 Å². The summed E-state index contributed by atoms with van der Waals surface area (Å²) in [6.45, 7) is 3.34. The number of aliphatic hydroxyl groups is 1. The summed E-state index contributed by atoms with van der Waals surface area (Å²) in [4.78, 5) is 18.2. The SMILES string of the molecule is C=C(O)c1nc2c(c(=O)[nH]1)CCCC2. The van der Waals surface area contributed by atoms with Crippen LogP contribution in [0.3, 0.4) is 0 Å². The zero-order chi connectivity index (χ0) is 10.1. The predicted molar refractivity (Wildman–Crippen MR) is 53.2 cm³/mol. The summed E-state index contributed by atoms with van der Waals surface area (Å²) in [7, 11) is 0. The van der Waals surface area contributed by atoms with Gasteiger partial charge in [-0.05, 0) is 25.7 Å². The number of hydrogen-bond donors (Lipinski definition) is 2. The summed E-state index contributed by atoms with van der Waals surface area (Å²) in [6, 6.07) is 0. The number of aromatic nitrogens is 2. The number of aliphatic hydroxyl groups excluding tert-OH is 1. The molecule has 1 aliphatic rings. The summed E-state index contributed by atoms with van der Waals surface area (Å²) in [5.74, 6) is 0.00567. The second-order valence-corrected chi connectivity index (χ2v) is 3.49. The van der Waals surface area contributed by atoms with Gasteiger partial charge in [-0.25, -0.2) is 4.98 Å². The van der Waals surface area contributed by atoms with Crippen LogP contribution in [-0.2, 0) is 12.8 Å². The van der Waals surface area contributed by atoms with Gasteiger partial charge in [-0.15, -0.1) is 0 Å². The predicted octanol–water partition coefficient (Wildman–Crippen LogP) is 1.18. The highest BCUT2D eigenvalue weighted by Gasteiger charge is 2.15. The first-order valence-electron chi connectivity index (χ1n) is 4.69. The molecule has 14 heavy (non-hydrogen) atoms. The number of nitrogens with zero attached hydrogens (tertiary/aromatic N) is 1. The Morgan fingerprint density at radius 1 is 1.43 bits per heavy atom. The Balaban J connectivity index is 2.57. The van der Waals surface area contributed by atoms with Gasteiger partial charge in [0.1, 0.15) is 0 Å². The van der Waals surface area contributed by atoms with Crippen molar-refractivity contribution in [3.05, 3.63) is 34.0 Å². The Morgan fingerprint density at radius 2 is 2.14 bits per heavy atom. The number of fused-ring (bicyclic) bond motifs is 1. The smallest absolute Gasteiger partial charge is 0.254 e. The molecule has 0 radical (unpaired) electrons. The molecule has 4 nitrogen and oxygen atoms in total. The third-order valence-corrected chi connectivity index (χ3v) is 2.46. The fourth-order valence-electron chi connectivity index (χ4n) is 1.74. The van der Waals surface area contributed by atoms with Gasteiger partial charge in [0, 0.05) is 5.56 Å². The van der Waals surface area contributed by atoms with E-state index in [0.29, 0.717) is 0 Å². The minimum absolute atomic E-state index is 0.139. The Hall–Kier alpha value is -1.58. The molecule has 1 heterocycles. The molecule has 0 saturated carbocycles. The van der Waals surface area contributed by atoms with Crippen molar-refractivity contribution in [2.75, 3.05) is 0 Å². The quantitative estimate of drug-likeness (QED) is 0.656. The van der Waals surface area contributed by atoms with Crippen LogP contribution in [0.4, 0.5) is 0 Å². The first-order chi connectivity index (χ1) is 6.68. The minimum atomic E-state index is -0.185. The van der Waals surface area contributed by atoms with E-state index in [9.17, 15) is 4.79 Å². The van der Waals surface area contributed by atoms with Crippen molar-refractivity contribution >= 4 is 5.76 Å². The molecule has 0 unspecified atom stereocenters. The van der Waals surface area contributed by atoms with Crippen molar-refractivity contribution in [3.8, 4) is 0 Å². The number of nitrogens with one attached hydrogen (secondary N) is 1. The Morgan fingerprint density at radius 3 is 2.86 bits per heavy atom. The Bertz CT molecular complexity index is 434. The van der Waals surface area contributed by atoms with E-state index in [-0.39, 0.29) is 17.1 Å². The highest BCUT2D eigenvalue weighted by molar-refractivity contribution is 5.47. The fourth-order valence-corrected chi connectivity index (χ4v) is 1.74. The van der Waals surface area contributed by atoms with E-state index in [1.807, 2.05) is 0 Å². The van der Waals surface area contributed by atoms with E-state index in [1.54, 1.807) is 0 Å². The summed E-state index contributed by atoms with van der Waals surface area (Å²) < 4.78 is 0. The number of aryl methyl sites for hydroxylation is 1. The van der Waals surface area contributed by atoms with Crippen LogP contribution in [0.15, 0.2) is 11.4 Å². The molecule has 2 rings (SSSR count). The fraction of sp³-hybridized carbons (Fsp3) is 0.400. The standard InChI is InChI=1S/C10H12N2O2/c1-6(13)9-11-8-5-3-2-4-7(8)10(14)12-9/h13H,1-5H2,(H,11,12,14). The van der Waals surface area contributed by atoms with Crippen molar-refractivity contribution in [3.63, 3.8) is 0 Å². The van der Waals surface area contributed by atoms with Gasteiger partial charge in [0.2, 0.25) is 0 Å². The highest BCUT2D eigenvalue weighted by atomic mass is 16.3. The van der Waals surface area contributed by atoms with Gasteiger partial charge in [0.25, 0.3) is 5.56 Å². The molecule has 0 spiro atoms. The van der Waals surface area contributed by atoms with Gasteiger partial charge in [0.15, 0.2) is 11.6 Å². The molecule has 0 aliphatic heterocycles. The van der Waals surface area contributed by atoms with Crippen LogP contribution in [0.1, 0.15) is 29.9 Å². The van der Waals surface area contributed by atoms with Crippen LogP contribution in [-0.4, -0.2) is 15.1 Å². The van der Waals surface area contributed by atoms with E-state index < -0.39 is 0 Å². The van der Waals surface area contributed by atoms with Crippen molar-refractivity contribution < 1.29 is 5.11 Å². The van der Waals surface area contributed by atoms with Gasteiger partial charge in [-0.1, -0.05) is 6.58 Å². The second-order valence-electron chi connectivity index (χ2n) is 3.49. The molecule has 1 aromatic rings. The van der Waals surface area contributed by atoms with Gasteiger partial charge in [-0.2, -0.15) is 0 Å². The van der Waals surface area contributed by atoms with E-state index in [2.05, 4.69) is 16.5 Å². The second kappa shape index (κ2) is 3.29. The molecule has 4 heteroatoms. The van der Waals surface area contributed by atoms with Crippen LogP contribution in [0.2, 0.25) is 0 Å². The molecule has 0 fully saturated rings. The molecule has 0 aromatic carbocycles. The summed E-state index contributed by atoms with van der Waals surface area (Å²) in [5.41, 5.74) is 1.44. The highest BCUT2D eigenvalue weighted by Crippen LogP contribution is 2.16. The Labute approximate surface area is 81.3 Å². The topological polar surface area (TPSA) is 66.0 Å². The molecular weight excluding hydrogens is 180 g/mol. The van der Waals surface area contributed by atoms with Crippen LogP contribution in [0.5, 0.6) is 0 Å². The Kier molecular flexibility index (Phi) is 2.11. The lowest BCUT2D eigenvalue weighted by molar-refractivity contribution is 0.504. The monoisotopic (exact) mass is 192 g/mol. The maximum absolute atomic E-state index is 11.5. The van der Waals surface area contributed by atoms with Gasteiger partial charge >= 0.3 is 0 Å². The van der Waals surface area contributed by atoms with E-state index in [4.69, 9.17) is 5.11 Å². The van der Waals surface area contributed by atoms with E-state index in [1.165, 1.54) is 0 Å². The van der Waals surface area contributed by atoms with Crippen molar-refractivity contribution in [1.82, 2.24) is 9.97 Å². The van der Waals surface area contributed by atoms with Crippen LogP contribution >= 0.6 is 0 Å². The molecular formula is C10H12N2O2. The molecule has 2 N–H and O–H groups in total. The number of aromatic amines is 1. The lowest BCUT2D eigenvalue weighted by Crippen LogP contribution is -2.22. The first kappa shape index (κ1) is 8.99. The van der Waals surface area contributed by atoms with Crippen molar-refractivity contribution in [2.45, 2.75) is 25.7 Å². The third kappa shape index (κ3) is 1.43. The molecule has 0 atom stereocenters. The number of H-pyrrole nitrogens is 1. The molecule has 0 amide bonds. The normalized spacial score (nSPS) is 14.9. The van der Waals surface area contributed by atoms with Crippen LogP contribution in [0.25, 0.3) is 5.76 Å². The molecule has 1 aromatic heterocycles. The maximum Gasteiger partial charge on any atom is 0.254 e. The van der Waals surface area contributed by atoms with Crippen LogP contribution < -0.4 is 5.56 Å². The molecule has 74 valence electrons. The summed E-state index contributed by atoms with van der Waals surface area (Å²) in [5, 5.41) is 9.12. The summed E-state index contributed by atoms with van der Waals surface area (Å²) in [6.07, 6.45) is 3.70. The van der Waals surface area contributed by atoms with Crippen LogP contribution in [0, 0.1) is 0 Å². The zero-order valence-electron chi connectivity index (χ0n) is 7.84. The largest absolute Gasteiger partial charge is 0.505 e. The van der Waals surface area contributed by atoms with E-state index >= 15 is 0 Å². The lowest BCUT2D eigenvalue weighted by atomic mass is 9.97. The van der Waals surface area contributed by atoms with Gasteiger partial charge in [0.05, 0.1) is 5.69 Å². The molecule has 1 aliphatic carbocycles. The van der Waals surface area contributed by atoms with Crippen molar-refractivity contribution in [2.24, 2.45) is 0 Å². The first-order valence-corrected chi connectivity index (χ1v) is 4.69. The third-order valence-electron chi connectivity index (χ3n) is 2.46. The molecule has 0 bridgehead atoms. The molecule has 0 saturated heterocycles. The average molecular weight is 192 g/mol. The van der Waals surface area contributed by atoms with Gasteiger partial charge < -0.3 is 10.1 Å². The number of rotatable bonds is 1. The summed E-state index contributed by atoms with van der Waals surface area (Å²) >= 11 is 0. The maximum atomic E-state index is 11.5. The average Bonchev–Trinajstić information content (AvgIpc) is 2.17. The van der Waals surface area contributed by atoms with Crippen molar-refractivity contribution in [1.29, 1.82) is 0 Å². The lowest BCUT2D eigenvalue weighted by Gasteiger charge is -2.13. The van der Waals surface area contributed by atoms with E-state index in [0.717, 1.165) is 36.9 Å². The zero-order valence-corrected chi connectivity index (χ0v) is 7.84.